The SMILES string of the molecule is C=CC.C[N+](C)(C)CCO.[Cl-]. The maximum absolute atomic E-state index is 8.39. The van der Waals surface area contributed by atoms with Gasteiger partial charge in [0.15, 0.2) is 0 Å². The van der Waals surface area contributed by atoms with Crippen LogP contribution in [-0.4, -0.2) is 43.9 Å². The number of nitrogens with zero attached hydrogens (tertiary/aromatic N) is 1. The van der Waals surface area contributed by atoms with Crippen LogP contribution in [0, 0.1) is 0 Å². The summed E-state index contributed by atoms with van der Waals surface area (Å²) in [7, 11) is 6.16. The lowest BCUT2D eigenvalue weighted by atomic mass is 10.5. The van der Waals surface area contributed by atoms with Crippen molar-refractivity contribution in [2.45, 2.75) is 6.92 Å². The maximum atomic E-state index is 8.39. The molecule has 0 spiro atoms. The molecule has 0 saturated heterocycles. The van der Waals surface area contributed by atoms with Crippen LogP contribution in [0.15, 0.2) is 12.7 Å². The highest BCUT2D eigenvalue weighted by Gasteiger charge is 2.02. The first-order valence-electron chi connectivity index (χ1n) is 3.46. The molecule has 0 aromatic heterocycles. The first-order chi connectivity index (χ1) is 4.47. The van der Waals surface area contributed by atoms with Gasteiger partial charge < -0.3 is 22.0 Å². The molecule has 0 aromatic carbocycles. The Morgan fingerprint density at radius 1 is 1.36 bits per heavy atom. The second-order valence-electron chi connectivity index (χ2n) is 3.15. The molecule has 0 heterocycles. The Morgan fingerprint density at radius 3 is 1.64 bits per heavy atom. The molecule has 0 rings (SSSR count). The summed E-state index contributed by atoms with van der Waals surface area (Å²) in [4.78, 5) is 0. The molecule has 2 nitrogen and oxygen atoms in total. The molecule has 0 saturated carbocycles. The molecule has 0 fully saturated rings. The van der Waals surface area contributed by atoms with E-state index in [1.807, 2.05) is 6.92 Å². The minimum atomic E-state index is 0. The summed E-state index contributed by atoms with van der Waals surface area (Å²) < 4.78 is 0.844. The summed E-state index contributed by atoms with van der Waals surface area (Å²) in [6.45, 7) is 6.36. The van der Waals surface area contributed by atoms with E-state index in [4.69, 9.17) is 5.11 Å². The van der Waals surface area contributed by atoms with Crippen LogP contribution in [0.5, 0.6) is 0 Å². The van der Waals surface area contributed by atoms with Gasteiger partial charge in [-0.1, -0.05) is 6.08 Å². The van der Waals surface area contributed by atoms with Crippen molar-refractivity contribution in [1.82, 2.24) is 0 Å². The molecule has 0 aliphatic carbocycles. The summed E-state index contributed by atoms with van der Waals surface area (Å²) in [5.41, 5.74) is 0. The third-order valence-corrected chi connectivity index (χ3v) is 0.771. The molecule has 0 amide bonds. The van der Waals surface area contributed by atoms with E-state index in [1.165, 1.54) is 0 Å². The third kappa shape index (κ3) is 40.3. The summed E-state index contributed by atoms with van der Waals surface area (Å²) >= 11 is 0. The number of aliphatic hydroxyl groups is 1. The lowest BCUT2D eigenvalue weighted by molar-refractivity contribution is -0.870. The first kappa shape index (κ1) is 17.2. The van der Waals surface area contributed by atoms with Crippen LogP contribution in [0.2, 0.25) is 0 Å². The average Bonchev–Trinajstić information content (AvgIpc) is 1.63. The minimum Gasteiger partial charge on any atom is -1.00 e. The van der Waals surface area contributed by atoms with Gasteiger partial charge in [0.2, 0.25) is 0 Å². The van der Waals surface area contributed by atoms with E-state index < -0.39 is 0 Å². The summed E-state index contributed by atoms with van der Waals surface area (Å²) in [6.07, 6.45) is 1.75. The molecule has 0 radical (unpaired) electrons. The van der Waals surface area contributed by atoms with Gasteiger partial charge in [-0.05, 0) is 6.92 Å². The standard InChI is InChI=1S/C5H14NO.C3H6.ClH/c1-6(2,3)4-5-7;1-3-2;/h7H,4-5H2,1-3H3;3H,1H2,2H3;1H/q+1;;/p-1. The van der Waals surface area contributed by atoms with Crippen molar-refractivity contribution in [3.05, 3.63) is 12.7 Å². The fourth-order valence-corrected chi connectivity index (χ4v) is 0.300. The maximum Gasteiger partial charge on any atom is 0.101 e. The fourth-order valence-electron chi connectivity index (χ4n) is 0.300. The molecule has 11 heavy (non-hydrogen) atoms. The van der Waals surface area contributed by atoms with Gasteiger partial charge in [0.05, 0.1) is 27.7 Å². The van der Waals surface area contributed by atoms with E-state index in [2.05, 4.69) is 27.7 Å². The van der Waals surface area contributed by atoms with E-state index in [0.717, 1.165) is 11.0 Å². The third-order valence-electron chi connectivity index (χ3n) is 0.771. The second kappa shape index (κ2) is 9.95. The molecule has 0 aliphatic heterocycles. The number of quaternary nitrogens is 1. The molecular weight excluding hydrogens is 162 g/mol. The Morgan fingerprint density at radius 2 is 1.64 bits per heavy atom. The Labute approximate surface area is 76.5 Å². The molecule has 0 aliphatic rings. The second-order valence-corrected chi connectivity index (χ2v) is 3.15. The van der Waals surface area contributed by atoms with Gasteiger partial charge in [0, 0.05) is 0 Å². The summed E-state index contributed by atoms with van der Waals surface area (Å²) in [5, 5.41) is 8.39. The van der Waals surface area contributed by atoms with Gasteiger partial charge in [-0.2, -0.15) is 0 Å². The van der Waals surface area contributed by atoms with Gasteiger partial charge >= 0.3 is 0 Å². The van der Waals surface area contributed by atoms with Crippen LogP contribution >= 0.6 is 0 Å². The molecule has 0 unspecified atom stereocenters. The largest absolute Gasteiger partial charge is 1.00 e. The zero-order valence-corrected chi connectivity index (χ0v) is 8.73. The van der Waals surface area contributed by atoms with Crippen LogP contribution in [0.1, 0.15) is 6.92 Å². The predicted octanol–water partition coefficient (Wildman–Crippen LogP) is -2.12. The number of halogens is 1. The zero-order valence-electron chi connectivity index (χ0n) is 7.97. The quantitative estimate of drug-likeness (QED) is 0.382. The molecule has 0 aromatic rings. The highest BCUT2D eigenvalue weighted by atomic mass is 35.5. The van der Waals surface area contributed by atoms with Gasteiger partial charge in [-0.25, -0.2) is 0 Å². The van der Waals surface area contributed by atoms with Crippen molar-refractivity contribution in [2.24, 2.45) is 0 Å². The lowest BCUT2D eigenvalue weighted by Gasteiger charge is -2.21. The van der Waals surface area contributed by atoms with Gasteiger partial charge in [-0.3, -0.25) is 0 Å². The van der Waals surface area contributed by atoms with E-state index in [0.29, 0.717) is 0 Å². The van der Waals surface area contributed by atoms with E-state index >= 15 is 0 Å². The Bertz CT molecular complexity index is 78.7. The smallest absolute Gasteiger partial charge is 0.101 e. The number of aliphatic hydroxyl groups excluding tert-OH is 1. The Kier molecular flexibility index (Phi) is 15.5. The highest BCUT2D eigenvalue weighted by Crippen LogP contribution is 1.84. The topological polar surface area (TPSA) is 20.2 Å². The zero-order chi connectivity index (χ0) is 8.62. The van der Waals surface area contributed by atoms with E-state index in [9.17, 15) is 0 Å². The van der Waals surface area contributed by atoms with Crippen molar-refractivity contribution in [1.29, 1.82) is 0 Å². The number of hydrogen-bond donors (Lipinski definition) is 1. The Balaban J connectivity index is -0.000000140. The number of likely N-dealkylation sites (N-methyl/N-ethyl adjacent to an activating group) is 1. The monoisotopic (exact) mass is 181 g/mol. The summed E-state index contributed by atoms with van der Waals surface area (Å²) in [5.74, 6) is 0. The molecule has 0 atom stereocenters. The van der Waals surface area contributed by atoms with Crippen molar-refractivity contribution >= 4 is 0 Å². The molecule has 70 valence electrons. The molecule has 1 N–H and O–H groups in total. The van der Waals surface area contributed by atoms with Crippen LogP contribution in [0.4, 0.5) is 0 Å². The van der Waals surface area contributed by atoms with Gasteiger partial charge in [-0.15, -0.1) is 6.58 Å². The number of rotatable bonds is 2. The van der Waals surface area contributed by atoms with E-state index in [-0.39, 0.29) is 19.0 Å². The summed E-state index contributed by atoms with van der Waals surface area (Å²) in [6, 6.07) is 0. The van der Waals surface area contributed by atoms with Crippen LogP contribution in [-0.2, 0) is 0 Å². The fraction of sp³-hybridized carbons (Fsp3) is 0.750. The van der Waals surface area contributed by atoms with Crippen LogP contribution < -0.4 is 12.4 Å². The number of allylic oxidation sites excluding steroid dienone is 1. The van der Waals surface area contributed by atoms with Crippen molar-refractivity contribution < 1.29 is 22.0 Å². The number of hydrogen-bond acceptors (Lipinski definition) is 1. The Hall–Kier alpha value is -0.0500. The van der Waals surface area contributed by atoms with Crippen LogP contribution in [0.3, 0.4) is 0 Å². The van der Waals surface area contributed by atoms with Crippen molar-refractivity contribution in [2.75, 3.05) is 34.3 Å². The molecule has 0 bridgehead atoms. The van der Waals surface area contributed by atoms with E-state index in [1.54, 1.807) is 6.08 Å². The van der Waals surface area contributed by atoms with Crippen molar-refractivity contribution in [3.63, 3.8) is 0 Å². The minimum absolute atomic E-state index is 0. The lowest BCUT2D eigenvalue weighted by Crippen LogP contribution is -3.00. The van der Waals surface area contributed by atoms with Crippen molar-refractivity contribution in [3.8, 4) is 0 Å². The normalized spacial score (nSPS) is 8.82. The average molecular weight is 182 g/mol. The van der Waals surface area contributed by atoms with Crippen LogP contribution in [0.25, 0.3) is 0 Å². The highest BCUT2D eigenvalue weighted by molar-refractivity contribution is 4.51. The predicted molar refractivity (Wildman–Crippen MR) is 45.9 cm³/mol. The van der Waals surface area contributed by atoms with Gasteiger partial charge in [0.25, 0.3) is 0 Å². The first-order valence-corrected chi connectivity index (χ1v) is 3.46. The molecular formula is C8H20ClNO. The molecule has 3 heteroatoms. The van der Waals surface area contributed by atoms with Gasteiger partial charge in [0.1, 0.15) is 6.54 Å².